The molecule has 0 N–H and O–H groups in total. The Morgan fingerprint density at radius 2 is 1.71 bits per heavy atom. The molecule has 0 aromatic heterocycles. The molecule has 1 aliphatic rings. The Kier molecular flexibility index (Phi) is 6.01. The Labute approximate surface area is 142 Å². The summed E-state index contributed by atoms with van der Waals surface area (Å²) in [6, 6.07) is 9.29. The van der Waals surface area contributed by atoms with E-state index in [0.717, 1.165) is 5.56 Å². The van der Waals surface area contributed by atoms with Crippen LogP contribution in [0.1, 0.15) is 33.3 Å². The second-order valence-electron chi connectivity index (χ2n) is 5.89. The maximum atomic E-state index is 12.5. The Balaban J connectivity index is 2.54. The molecule has 5 heteroatoms. The lowest BCUT2D eigenvalue weighted by Gasteiger charge is -2.22. The van der Waals surface area contributed by atoms with Gasteiger partial charge in [0.1, 0.15) is 17.8 Å². The van der Waals surface area contributed by atoms with E-state index in [1.165, 1.54) is 0 Å². The summed E-state index contributed by atoms with van der Waals surface area (Å²) >= 11 is 0. The number of ether oxygens (including phenoxy) is 3. The van der Waals surface area contributed by atoms with Crippen LogP contribution in [0.25, 0.3) is 5.76 Å². The second-order valence-corrected chi connectivity index (χ2v) is 5.89. The minimum Gasteiger partial charge on any atom is -0.488 e. The number of esters is 2. The number of carbonyl (C=O) groups is 2. The van der Waals surface area contributed by atoms with Crippen molar-refractivity contribution in [1.29, 1.82) is 0 Å². The van der Waals surface area contributed by atoms with Gasteiger partial charge in [-0.1, -0.05) is 44.2 Å². The molecule has 0 spiro atoms. The first kappa shape index (κ1) is 18.0. The van der Waals surface area contributed by atoms with Crippen LogP contribution in [-0.4, -0.2) is 31.3 Å². The first-order valence-corrected chi connectivity index (χ1v) is 8.31. The van der Waals surface area contributed by atoms with Gasteiger partial charge in [-0.2, -0.15) is 0 Å². The van der Waals surface area contributed by atoms with Gasteiger partial charge in [-0.05, 0) is 19.8 Å². The van der Waals surface area contributed by atoms with E-state index in [1.54, 1.807) is 13.8 Å². The predicted molar refractivity (Wildman–Crippen MR) is 89.8 cm³/mol. The third kappa shape index (κ3) is 3.61. The number of rotatable bonds is 6. The molecule has 1 aromatic carbocycles. The van der Waals surface area contributed by atoms with Crippen LogP contribution in [0.5, 0.6) is 0 Å². The van der Waals surface area contributed by atoms with Crippen LogP contribution in [0.15, 0.2) is 35.9 Å². The molecule has 2 rings (SSSR count). The van der Waals surface area contributed by atoms with E-state index in [1.807, 2.05) is 44.2 Å². The van der Waals surface area contributed by atoms with Crippen LogP contribution in [0.4, 0.5) is 0 Å². The number of hydrogen-bond donors (Lipinski definition) is 0. The lowest BCUT2D eigenvalue weighted by Crippen LogP contribution is -2.34. The molecule has 130 valence electrons. The molecule has 0 fully saturated rings. The fourth-order valence-electron chi connectivity index (χ4n) is 2.82. The number of hydrogen-bond acceptors (Lipinski definition) is 5. The van der Waals surface area contributed by atoms with E-state index in [4.69, 9.17) is 14.2 Å². The molecule has 0 aliphatic carbocycles. The maximum Gasteiger partial charge on any atom is 0.338 e. The Bertz CT molecular complexity index is 618. The van der Waals surface area contributed by atoms with Gasteiger partial charge in [0, 0.05) is 5.56 Å². The van der Waals surface area contributed by atoms with Crippen molar-refractivity contribution in [2.75, 3.05) is 13.2 Å². The number of carbonyl (C=O) groups excluding carboxylic acids is 2. The van der Waals surface area contributed by atoms with Gasteiger partial charge in [-0.15, -0.1) is 0 Å². The van der Waals surface area contributed by atoms with Crippen molar-refractivity contribution in [3.05, 3.63) is 41.5 Å². The van der Waals surface area contributed by atoms with Gasteiger partial charge >= 0.3 is 11.9 Å². The van der Waals surface area contributed by atoms with E-state index in [9.17, 15) is 9.59 Å². The highest BCUT2D eigenvalue weighted by Crippen LogP contribution is 2.41. The van der Waals surface area contributed by atoms with Crippen molar-refractivity contribution in [2.45, 2.75) is 33.8 Å². The molecule has 24 heavy (non-hydrogen) atoms. The highest BCUT2D eigenvalue weighted by Gasteiger charge is 2.47. The normalized spacial score (nSPS) is 20.0. The minimum absolute atomic E-state index is 0.0324. The van der Waals surface area contributed by atoms with Gasteiger partial charge in [0.05, 0.1) is 18.8 Å². The minimum atomic E-state index is -0.779. The van der Waals surface area contributed by atoms with E-state index in [0.29, 0.717) is 5.76 Å². The standard InChI is InChI=1S/C19H24O5/c1-5-22-18(20)14-15(19(21)23-6-2)17(24-16(14)12(3)4)13-10-8-7-9-11-13/h7-12,14,16H,5-6H2,1-4H3/t14-,16-/m0/s1. The number of benzene rings is 1. The molecule has 0 saturated heterocycles. The van der Waals surface area contributed by atoms with Crippen molar-refractivity contribution in [3.63, 3.8) is 0 Å². The molecule has 2 atom stereocenters. The first-order chi connectivity index (χ1) is 11.5. The Morgan fingerprint density at radius 3 is 2.25 bits per heavy atom. The van der Waals surface area contributed by atoms with Gasteiger partial charge in [0.25, 0.3) is 0 Å². The van der Waals surface area contributed by atoms with Crippen LogP contribution < -0.4 is 0 Å². The highest BCUT2D eigenvalue weighted by molar-refractivity contribution is 6.03. The zero-order chi connectivity index (χ0) is 17.7. The average Bonchev–Trinajstić information content (AvgIpc) is 2.97. The van der Waals surface area contributed by atoms with E-state index >= 15 is 0 Å². The van der Waals surface area contributed by atoms with Gasteiger partial charge in [0.2, 0.25) is 0 Å². The summed E-state index contributed by atoms with van der Waals surface area (Å²) in [4.78, 5) is 25.1. The second kappa shape index (κ2) is 7.99. The summed E-state index contributed by atoms with van der Waals surface area (Å²) in [5, 5.41) is 0. The van der Waals surface area contributed by atoms with Gasteiger partial charge in [-0.25, -0.2) is 4.79 Å². The van der Waals surface area contributed by atoms with Crippen molar-refractivity contribution in [3.8, 4) is 0 Å². The third-order valence-corrected chi connectivity index (χ3v) is 3.87. The molecule has 5 nitrogen and oxygen atoms in total. The van der Waals surface area contributed by atoms with Gasteiger partial charge in [0.15, 0.2) is 0 Å². The summed E-state index contributed by atoms with van der Waals surface area (Å²) in [5.41, 5.74) is 0.998. The smallest absolute Gasteiger partial charge is 0.338 e. The molecule has 0 saturated carbocycles. The summed E-state index contributed by atoms with van der Waals surface area (Å²) in [5.74, 6) is -1.32. The summed E-state index contributed by atoms with van der Waals surface area (Å²) < 4.78 is 16.4. The van der Waals surface area contributed by atoms with Crippen LogP contribution in [0.3, 0.4) is 0 Å². The highest BCUT2D eigenvalue weighted by atomic mass is 16.6. The summed E-state index contributed by atoms with van der Waals surface area (Å²) in [7, 11) is 0. The monoisotopic (exact) mass is 332 g/mol. The molecular formula is C19H24O5. The van der Waals surface area contributed by atoms with Gasteiger partial charge in [-0.3, -0.25) is 4.79 Å². The lowest BCUT2D eigenvalue weighted by atomic mass is 9.88. The molecule has 0 amide bonds. The molecule has 0 unspecified atom stereocenters. The molecule has 1 aromatic rings. The molecular weight excluding hydrogens is 308 g/mol. The molecule has 1 heterocycles. The quantitative estimate of drug-likeness (QED) is 0.749. The Hall–Kier alpha value is -2.30. The zero-order valence-corrected chi connectivity index (χ0v) is 14.6. The van der Waals surface area contributed by atoms with Crippen molar-refractivity contribution in [1.82, 2.24) is 0 Å². The van der Waals surface area contributed by atoms with Crippen LogP contribution in [-0.2, 0) is 23.8 Å². The largest absolute Gasteiger partial charge is 0.488 e. The lowest BCUT2D eigenvalue weighted by molar-refractivity contribution is -0.152. The van der Waals surface area contributed by atoms with E-state index in [2.05, 4.69) is 0 Å². The van der Waals surface area contributed by atoms with Crippen LogP contribution >= 0.6 is 0 Å². The van der Waals surface area contributed by atoms with Crippen molar-refractivity contribution in [2.24, 2.45) is 11.8 Å². The van der Waals surface area contributed by atoms with Gasteiger partial charge < -0.3 is 14.2 Å². The topological polar surface area (TPSA) is 61.8 Å². The summed E-state index contributed by atoms with van der Waals surface area (Å²) in [6.45, 7) is 7.85. The molecule has 0 radical (unpaired) electrons. The Morgan fingerprint density at radius 1 is 1.08 bits per heavy atom. The van der Waals surface area contributed by atoms with E-state index < -0.39 is 24.0 Å². The van der Waals surface area contributed by atoms with Crippen LogP contribution in [0.2, 0.25) is 0 Å². The average molecular weight is 332 g/mol. The van der Waals surface area contributed by atoms with E-state index in [-0.39, 0.29) is 24.7 Å². The van der Waals surface area contributed by atoms with Crippen molar-refractivity contribution >= 4 is 17.7 Å². The summed E-state index contributed by atoms with van der Waals surface area (Å²) in [6.07, 6.45) is -0.460. The fourth-order valence-corrected chi connectivity index (χ4v) is 2.82. The molecule has 1 aliphatic heterocycles. The molecule has 0 bridgehead atoms. The predicted octanol–water partition coefficient (Wildman–Crippen LogP) is 3.19. The SMILES string of the molecule is CCOC(=O)C1=C(c2ccccc2)O[C@@H](C(C)C)[C@H]1C(=O)OCC. The maximum absolute atomic E-state index is 12.5. The first-order valence-electron chi connectivity index (χ1n) is 8.31. The fraction of sp³-hybridized carbons (Fsp3) is 0.474. The zero-order valence-electron chi connectivity index (χ0n) is 14.6. The van der Waals surface area contributed by atoms with Crippen LogP contribution in [0, 0.1) is 11.8 Å². The third-order valence-electron chi connectivity index (χ3n) is 3.87. The van der Waals surface area contributed by atoms with Crippen molar-refractivity contribution < 1.29 is 23.8 Å².